The van der Waals surface area contributed by atoms with Gasteiger partial charge in [0.15, 0.2) is 0 Å². The van der Waals surface area contributed by atoms with Crippen molar-refractivity contribution in [1.29, 1.82) is 0 Å². The number of terminal acetylenes is 1. The van der Waals surface area contributed by atoms with Crippen LogP contribution >= 0.6 is 0 Å². The Balaban J connectivity index is 3.00. The largest absolute Gasteiger partial charge is 0.497 e. The zero-order valence-corrected chi connectivity index (χ0v) is 8.86. The number of ether oxygens (including phenoxy) is 2. The van der Waals surface area contributed by atoms with Gasteiger partial charge >= 0.3 is 0 Å². The zero-order valence-electron chi connectivity index (χ0n) is 8.86. The van der Waals surface area contributed by atoms with Crippen LogP contribution in [-0.4, -0.2) is 18.8 Å². The standard InChI is InChI=1S/C12H14O3/c1-4-7-15-12-8-10(14-3)5-6-11(12)9(2)13/h1,5-6,8-9,13H,7H2,2-3H3/t9-/m0/s1. The second-order valence-electron chi connectivity index (χ2n) is 3.07. The first-order valence-electron chi connectivity index (χ1n) is 4.61. The van der Waals surface area contributed by atoms with Gasteiger partial charge in [-0.15, -0.1) is 6.42 Å². The predicted molar refractivity (Wildman–Crippen MR) is 58.0 cm³/mol. The Morgan fingerprint density at radius 2 is 2.27 bits per heavy atom. The quantitative estimate of drug-likeness (QED) is 0.763. The second kappa shape index (κ2) is 5.28. The summed E-state index contributed by atoms with van der Waals surface area (Å²) in [4.78, 5) is 0. The average Bonchev–Trinajstić information content (AvgIpc) is 2.25. The van der Waals surface area contributed by atoms with E-state index in [1.165, 1.54) is 0 Å². The van der Waals surface area contributed by atoms with E-state index in [1.54, 1.807) is 32.2 Å². The molecule has 15 heavy (non-hydrogen) atoms. The first-order chi connectivity index (χ1) is 7.19. The Morgan fingerprint density at radius 3 is 2.80 bits per heavy atom. The van der Waals surface area contributed by atoms with Crippen LogP contribution in [0, 0.1) is 12.3 Å². The highest BCUT2D eigenvalue weighted by atomic mass is 16.5. The monoisotopic (exact) mass is 206 g/mol. The van der Waals surface area contributed by atoms with Crippen molar-refractivity contribution < 1.29 is 14.6 Å². The summed E-state index contributed by atoms with van der Waals surface area (Å²) in [5, 5.41) is 9.49. The Hall–Kier alpha value is -1.66. The number of methoxy groups -OCH3 is 1. The molecule has 1 rings (SSSR count). The predicted octanol–water partition coefficient (Wildman–Crippen LogP) is 1.76. The highest BCUT2D eigenvalue weighted by Crippen LogP contribution is 2.29. The van der Waals surface area contributed by atoms with Crippen LogP contribution in [-0.2, 0) is 0 Å². The molecule has 1 N–H and O–H groups in total. The van der Waals surface area contributed by atoms with Gasteiger partial charge < -0.3 is 14.6 Å². The van der Waals surface area contributed by atoms with Gasteiger partial charge in [-0.25, -0.2) is 0 Å². The van der Waals surface area contributed by atoms with Crippen LogP contribution in [0.2, 0.25) is 0 Å². The minimum atomic E-state index is -0.594. The number of benzene rings is 1. The molecule has 0 bridgehead atoms. The minimum Gasteiger partial charge on any atom is -0.497 e. The Labute approximate surface area is 89.6 Å². The number of aliphatic hydroxyl groups is 1. The molecule has 0 radical (unpaired) electrons. The molecule has 0 aromatic heterocycles. The molecule has 3 heteroatoms. The summed E-state index contributed by atoms with van der Waals surface area (Å²) in [6.45, 7) is 1.84. The fraction of sp³-hybridized carbons (Fsp3) is 0.333. The normalized spacial score (nSPS) is 11.6. The van der Waals surface area contributed by atoms with E-state index < -0.39 is 6.10 Å². The van der Waals surface area contributed by atoms with Crippen molar-refractivity contribution in [3.63, 3.8) is 0 Å². The summed E-state index contributed by atoms with van der Waals surface area (Å²) in [5.74, 6) is 3.61. The first kappa shape index (κ1) is 11.4. The summed E-state index contributed by atoms with van der Waals surface area (Å²) >= 11 is 0. The van der Waals surface area contributed by atoms with Gasteiger partial charge in [-0.3, -0.25) is 0 Å². The molecular formula is C12H14O3. The van der Waals surface area contributed by atoms with Gasteiger partial charge in [-0.05, 0) is 19.1 Å². The molecule has 0 saturated carbocycles. The summed E-state index contributed by atoms with van der Waals surface area (Å²) < 4.78 is 10.4. The molecule has 0 unspecified atom stereocenters. The molecule has 0 aliphatic heterocycles. The lowest BCUT2D eigenvalue weighted by molar-refractivity contribution is 0.193. The molecule has 0 saturated heterocycles. The number of rotatable bonds is 4. The Bertz CT molecular complexity index is 364. The van der Waals surface area contributed by atoms with Crippen molar-refractivity contribution in [3.8, 4) is 23.8 Å². The van der Waals surface area contributed by atoms with Crippen molar-refractivity contribution in [3.05, 3.63) is 23.8 Å². The van der Waals surface area contributed by atoms with Gasteiger partial charge in [0.25, 0.3) is 0 Å². The molecule has 1 aromatic rings. The van der Waals surface area contributed by atoms with E-state index in [1.807, 2.05) is 0 Å². The van der Waals surface area contributed by atoms with E-state index in [-0.39, 0.29) is 6.61 Å². The summed E-state index contributed by atoms with van der Waals surface area (Å²) in [5.41, 5.74) is 0.700. The van der Waals surface area contributed by atoms with E-state index in [9.17, 15) is 5.11 Å². The van der Waals surface area contributed by atoms with Gasteiger partial charge in [0, 0.05) is 11.6 Å². The van der Waals surface area contributed by atoms with Crippen LogP contribution in [0.3, 0.4) is 0 Å². The second-order valence-corrected chi connectivity index (χ2v) is 3.07. The van der Waals surface area contributed by atoms with Gasteiger partial charge in [0.05, 0.1) is 13.2 Å². The summed E-state index contributed by atoms with van der Waals surface area (Å²) in [6, 6.07) is 5.24. The smallest absolute Gasteiger partial charge is 0.148 e. The molecular weight excluding hydrogens is 192 g/mol. The van der Waals surface area contributed by atoms with Gasteiger partial charge in [0.1, 0.15) is 18.1 Å². The fourth-order valence-corrected chi connectivity index (χ4v) is 1.23. The number of aliphatic hydroxyl groups excluding tert-OH is 1. The van der Waals surface area contributed by atoms with Crippen molar-refractivity contribution in [2.75, 3.05) is 13.7 Å². The molecule has 0 aliphatic carbocycles. The molecule has 0 aliphatic rings. The van der Waals surface area contributed by atoms with Gasteiger partial charge in [0.2, 0.25) is 0 Å². The minimum absolute atomic E-state index is 0.173. The maximum atomic E-state index is 9.49. The first-order valence-corrected chi connectivity index (χ1v) is 4.61. The van der Waals surface area contributed by atoms with Crippen LogP contribution in [0.1, 0.15) is 18.6 Å². The average molecular weight is 206 g/mol. The molecule has 0 heterocycles. The van der Waals surface area contributed by atoms with Crippen LogP contribution in [0.5, 0.6) is 11.5 Å². The van der Waals surface area contributed by atoms with Crippen LogP contribution in [0.25, 0.3) is 0 Å². The lowest BCUT2D eigenvalue weighted by Crippen LogP contribution is -2.01. The third kappa shape index (κ3) is 2.90. The van der Waals surface area contributed by atoms with Crippen molar-refractivity contribution in [2.45, 2.75) is 13.0 Å². The maximum Gasteiger partial charge on any atom is 0.148 e. The SMILES string of the molecule is C#CCOc1cc(OC)ccc1[C@H](C)O. The van der Waals surface area contributed by atoms with E-state index in [2.05, 4.69) is 5.92 Å². The van der Waals surface area contributed by atoms with Gasteiger partial charge in [-0.2, -0.15) is 0 Å². The highest BCUT2D eigenvalue weighted by molar-refractivity contribution is 5.41. The van der Waals surface area contributed by atoms with Crippen molar-refractivity contribution >= 4 is 0 Å². The third-order valence-electron chi connectivity index (χ3n) is 1.98. The van der Waals surface area contributed by atoms with Crippen molar-refractivity contribution in [1.82, 2.24) is 0 Å². The molecule has 3 nitrogen and oxygen atoms in total. The van der Waals surface area contributed by atoms with E-state index in [0.717, 1.165) is 0 Å². The van der Waals surface area contributed by atoms with Crippen LogP contribution in [0.15, 0.2) is 18.2 Å². The van der Waals surface area contributed by atoms with Gasteiger partial charge in [-0.1, -0.05) is 5.92 Å². The van der Waals surface area contributed by atoms with E-state index in [0.29, 0.717) is 17.1 Å². The molecule has 0 spiro atoms. The number of hydrogen-bond acceptors (Lipinski definition) is 3. The van der Waals surface area contributed by atoms with E-state index in [4.69, 9.17) is 15.9 Å². The lowest BCUT2D eigenvalue weighted by Gasteiger charge is -2.13. The summed E-state index contributed by atoms with van der Waals surface area (Å²) in [6.07, 6.45) is 4.51. The fourth-order valence-electron chi connectivity index (χ4n) is 1.23. The van der Waals surface area contributed by atoms with Crippen molar-refractivity contribution in [2.24, 2.45) is 0 Å². The molecule has 80 valence electrons. The third-order valence-corrected chi connectivity index (χ3v) is 1.98. The molecule has 0 fully saturated rings. The Morgan fingerprint density at radius 1 is 1.53 bits per heavy atom. The maximum absolute atomic E-state index is 9.49. The molecule has 0 amide bonds. The Kier molecular flexibility index (Phi) is 4.02. The molecule has 1 atom stereocenters. The van der Waals surface area contributed by atoms with E-state index >= 15 is 0 Å². The van der Waals surface area contributed by atoms with Crippen LogP contribution in [0.4, 0.5) is 0 Å². The number of hydrogen-bond donors (Lipinski definition) is 1. The molecule has 1 aromatic carbocycles. The topological polar surface area (TPSA) is 38.7 Å². The lowest BCUT2D eigenvalue weighted by atomic mass is 10.1. The van der Waals surface area contributed by atoms with Crippen LogP contribution < -0.4 is 9.47 Å². The zero-order chi connectivity index (χ0) is 11.3. The highest BCUT2D eigenvalue weighted by Gasteiger charge is 2.10. The summed E-state index contributed by atoms with van der Waals surface area (Å²) in [7, 11) is 1.57.